The third-order valence-corrected chi connectivity index (χ3v) is 2.33. The molecule has 0 aromatic heterocycles. The summed E-state index contributed by atoms with van der Waals surface area (Å²) in [5, 5.41) is 0. The van der Waals surface area contributed by atoms with Crippen molar-refractivity contribution in [2.45, 2.75) is 19.4 Å². The van der Waals surface area contributed by atoms with Crippen LogP contribution in [0.1, 0.15) is 22.8 Å². The smallest absolute Gasteiger partial charge is 0.181 e. The zero-order valence-corrected chi connectivity index (χ0v) is 9.19. The second-order valence-corrected chi connectivity index (χ2v) is 3.48. The van der Waals surface area contributed by atoms with E-state index in [1.165, 1.54) is 12.7 Å². The molecule has 0 aliphatic heterocycles. The zero-order valence-electron chi connectivity index (χ0n) is 9.19. The van der Waals surface area contributed by atoms with Crippen LogP contribution in [0.15, 0.2) is 24.3 Å². The average molecular weight is 207 g/mol. The first-order chi connectivity index (χ1) is 7.19. The summed E-state index contributed by atoms with van der Waals surface area (Å²) in [7, 11) is 1.54. The van der Waals surface area contributed by atoms with Gasteiger partial charge in [-0.2, -0.15) is 0 Å². The molecule has 0 fully saturated rings. The van der Waals surface area contributed by atoms with Crippen LogP contribution < -0.4 is 5.73 Å². The van der Waals surface area contributed by atoms with Crippen molar-refractivity contribution in [3.63, 3.8) is 0 Å². The number of hydrogen-bond acceptors (Lipinski definition) is 3. The number of carbonyl (C=O) groups excluding carboxylic acids is 1. The van der Waals surface area contributed by atoms with Crippen molar-refractivity contribution >= 4 is 5.78 Å². The Morgan fingerprint density at radius 1 is 1.40 bits per heavy atom. The average Bonchev–Trinajstić information content (AvgIpc) is 2.28. The van der Waals surface area contributed by atoms with E-state index < -0.39 is 6.04 Å². The van der Waals surface area contributed by atoms with Crippen molar-refractivity contribution in [3.8, 4) is 0 Å². The van der Waals surface area contributed by atoms with Gasteiger partial charge in [0.2, 0.25) is 0 Å². The van der Waals surface area contributed by atoms with E-state index in [2.05, 4.69) is 6.92 Å². The lowest BCUT2D eigenvalue weighted by Gasteiger charge is -2.09. The van der Waals surface area contributed by atoms with Gasteiger partial charge in [-0.25, -0.2) is 0 Å². The lowest BCUT2D eigenvalue weighted by atomic mass is 10.0. The molecule has 1 rings (SSSR count). The van der Waals surface area contributed by atoms with Crippen molar-refractivity contribution in [3.05, 3.63) is 35.4 Å². The molecule has 1 atom stereocenters. The van der Waals surface area contributed by atoms with Crippen LogP contribution in [0.2, 0.25) is 0 Å². The van der Waals surface area contributed by atoms with Gasteiger partial charge in [0, 0.05) is 12.7 Å². The van der Waals surface area contributed by atoms with E-state index in [4.69, 9.17) is 10.5 Å². The standard InChI is InChI=1S/C12H17NO2/c1-3-9-4-6-10(7-5-9)12(14)11(13)8-15-2/h4-7,11H,3,8,13H2,1-2H3. The number of ether oxygens (including phenoxy) is 1. The fourth-order valence-electron chi connectivity index (χ4n) is 1.37. The SMILES string of the molecule is CCc1ccc(C(=O)C(N)COC)cc1. The number of Topliss-reactive ketones (excluding diaryl/α,β-unsaturated/α-hetero) is 1. The maximum absolute atomic E-state index is 11.7. The van der Waals surface area contributed by atoms with Gasteiger partial charge in [0.1, 0.15) is 0 Å². The molecule has 1 aromatic carbocycles. The third-order valence-electron chi connectivity index (χ3n) is 2.33. The van der Waals surface area contributed by atoms with E-state index in [1.807, 2.05) is 24.3 Å². The molecule has 0 radical (unpaired) electrons. The lowest BCUT2D eigenvalue weighted by molar-refractivity contribution is 0.0892. The summed E-state index contributed by atoms with van der Waals surface area (Å²) in [6, 6.07) is 6.97. The van der Waals surface area contributed by atoms with Crippen LogP contribution in [0.3, 0.4) is 0 Å². The monoisotopic (exact) mass is 207 g/mol. The molecule has 0 heterocycles. The summed E-state index contributed by atoms with van der Waals surface area (Å²) < 4.78 is 4.85. The number of nitrogens with two attached hydrogens (primary N) is 1. The number of rotatable bonds is 5. The normalized spacial score (nSPS) is 12.5. The highest BCUT2D eigenvalue weighted by molar-refractivity contribution is 6.00. The van der Waals surface area contributed by atoms with Gasteiger partial charge in [-0.3, -0.25) is 4.79 Å². The topological polar surface area (TPSA) is 52.3 Å². The van der Waals surface area contributed by atoms with E-state index in [1.54, 1.807) is 0 Å². The Morgan fingerprint density at radius 2 is 2.00 bits per heavy atom. The minimum atomic E-state index is -0.567. The van der Waals surface area contributed by atoms with Gasteiger partial charge in [0.05, 0.1) is 12.6 Å². The molecule has 0 amide bonds. The van der Waals surface area contributed by atoms with Crippen LogP contribution in [0.25, 0.3) is 0 Å². The molecule has 1 aromatic rings. The molecule has 0 saturated carbocycles. The second kappa shape index (κ2) is 5.63. The molecule has 3 nitrogen and oxygen atoms in total. The maximum atomic E-state index is 11.7. The Hall–Kier alpha value is -1.19. The van der Waals surface area contributed by atoms with E-state index in [0.29, 0.717) is 5.56 Å². The fraction of sp³-hybridized carbons (Fsp3) is 0.417. The van der Waals surface area contributed by atoms with Gasteiger partial charge in [0.15, 0.2) is 5.78 Å². The van der Waals surface area contributed by atoms with E-state index in [0.717, 1.165) is 6.42 Å². The van der Waals surface area contributed by atoms with Crippen LogP contribution in [-0.4, -0.2) is 25.5 Å². The van der Waals surface area contributed by atoms with E-state index in [9.17, 15) is 4.79 Å². The van der Waals surface area contributed by atoms with Crippen molar-refractivity contribution in [2.75, 3.05) is 13.7 Å². The molecule has 2 N–H and O–H groups in total. The molecule has 1 unspecified atom stereocenters. The Kier molecular flexibility index (Phi) is 4.46. The number of carbonyl (C=O) groups is 1. The number of methoxy groups -OCH3 is 1. The largest absolute Gasteiger partial charge is 0.383 e. The predicted molar refractivity (Wildman–Crippen MR) is 60.0 cm³/mol. The van der Waals surface area contributed by atoms with Gasteiger partial charge in [0.25, 0.3) is 0 Å². The first-order valence-corrected chi connectivity index (χ1v) is 5.06. The number of aryl methyl sites for hydroxylation is 1. The molecule has 0 aliphatic rings. The number of hydrogen-bond donors (Lipinski definition) is 1. The third kappa shape index (κ3) is 3.15. The Labute approximate surface area is 90.2 Å². The summed E-state index contributed by atoms with van der Waals surface area (Å²) >= 11 is 0. The summed E-state index contributed by atoms with van der Waals surface area (Å²) in [6.07, 6.45) is 0.971. The Morgan fingerprint density at radius 3 is 2.47 bits per heavy atom. The highest BCUT2D eigenvalue weighted by atomic mass is 16.5. The summed E-state index contributed by atoms with van der Waals surface area (Å²) in [6.45, 7) is 2.34. The number of benzene rings is 1. The van der Waals surface area contributed by atoms with Gasteiger partial charge >= 0.3 is 0 Å². The van der Waals surface area contributed by atoms with E-state index >= 15 is 0 Å². The fourth-order valence-corrected chi connectivity index (χ4v) is 1.37. The maximum Gasteiger partial charge on any atom is 0.181 e. The van der Waals surface area contributed by atoms with Crippen LogP contribution >= 0.6 is 0 Å². The van der Waals surface area contributed by atoms with Crippen molar-refractivity contribution in [1.82, 2.24) is 0 Å². The van der Waals surface area contributed by atoms with Crippen LogP contribution in [0, 0.1) is 0 Å². The first-order valence-electron chi connectivity index (χ1n) is 5.06. The highest BCUT2D eigenvalue weighted by Crippen LogP contribution is 2.07. The Balaban J connectivity index is 2.73. The quantitative estimate of drug-likeness (QED) is 0.743. The van der Waals surface area contributed by atoms with E-state index in [-0.39, 0.29) is 12.4 Å². The molecular formula is C12H17NO2. The van der Waals surface area contributed by atoms with Gasteiger partial charge in [-0.05, 0) is 12.0 Å². The molecule has 3 heteroatoms. The molecule has 0 bridgehead atoms. The summed E-state index contributed by atoms with van der Waals surface area (Å²) in [4.78, 5) is 11.7. The molecule has 0 spiro atoms. The number of ketones is 1. The lowest BCUT2D eigenvalue weighted by Crippen LogP contribution is -2.34. The highest BCUT2D eigenvalue weighted by Gasteiger charge is 2.14. The summed E-state index contributed by atoms with van der Waals surface area (Å²) in [5.41, 5.74) is 7.52. The Bertz CT molecular complexity index is 319. The summed E-state index contributed by atoms with van der Waals surface area (Å²) in [5.74, 6) is -0.0699. The second-order valence-electron chi connectivity index (χ2n) is 3.48. The van der Waals surface area contributed by atoms with Crippen molar-refractivity contribution in [1.29, 1.82) is 0 Å². The molecular weight excluding hydrogens is 190 g/mol. The molecule has 0 aliphatic carbocycles. The predicted octanol–water partition coefficient (Wildman–Crippen LogP) is 1.41. The van der Waals surface area contributed by atoms with Crippen LogP contribution in [-0.2, 0) is 11.2 Å². The molecule has 0 saturated heterocycles. The van der Waals surface area contributed by atoms with Crippen molar-refractivity contribution < 1.29 is 9.53 Å². The van der Waals surface area contributed by atoms with Gasteiger partial charge in [-0.1, -0.05) is 31.2 Å². The van der Waals surface area contributed by atoms with Gasteiger partial charge in [-0.15, -0.1) is 0 Å². The minimum absolute atomic E-state index is 0.0699. The first kappa shape index (κ1) is 11.9. The van der Waals surface area contributed by atoms with Crippen LogP contribution in [0.5, 0.6) is 0 Å². The van der Waals surface area contributed by atoms with Crippen molar-refractivity contribution in [2.24, 2.45) is 5.73 Å². The zero-order chi connectivity index (χ0) is 11.3. The van der Waals surface area contributed by atoms with Crippen LogP contribution in [0.4, 0.5) is 0 Å². The molecule has 82 valence electrons. The van der Waals surface area contributed by atoms with Gasteiger partial charge < -0.3 is 10.5 Å². The minimum Gasteiger partial charge on any atom is -0.383 e. The molecule has 15 heavy (non-hydrogen) atoms.